The van der Waals surface area contributed by atoms with E-state index in [-0.39, 0.29) is 6.61 Å². The van der Waals surface area contributed by atoms with Crippen molar-refractivity contribution in [1.82, 2.24) is 9.97 Å². The molecule has 4 rings (SSSR count). The van der Waals surface area contributed by atoms with Gasteiger partial charge in [0, 0.05) is 48.0 Å². The van der Waals surface area contributed by atoms with Gasteiger partial charge in [-0.1, -0.05) is 35.5 Å². The number of pyridine rings is 1. The molecule has 1 aliphatic heterocycles. The summed E-state index contributed by atoms with van der Waals surface area (Å²) >= 11 is 9.04. The Labute approximate surface area is 224 Å². The van der Waals surface area contributed by atoms with Crippen LogP contribution in [0.4, 0.5) is 11.5 Å². The van der Waals surface area contributed by atoms with Crippen LogP contribution in [0.15, 0.2) is 34.7 Å². The summed E-state index contributed by atoms with van der Waals surface area (Å²) < 4.78 is 0. The minimum atomic E-state index is 0.124. The van der Waals surface area contributed by atoms with E-state index in [0.717, 1.165) is 55.0 Å². The van der Waals surface area contributed by atoms with Crippen molar-refractivity contribution in [2.45, 2.75) is 42.9 Å². The molecular formula is C26H27ClN6OS2. The minimum Gasteiger partial charge on any atom is -0.396 e. The largest absolute Gasteiger partial charge is 0.396 e. The SMILES string of the molecule is N#Cc1c(NCCCCO)nc(SCc2csc(-c3ccc(Cl)cc3)n2)c(C#N)c1N1CCCCC1. The van der Waals surface area contributed by atoms with Crippen molar-refractivity contribution >= 4 is 46.2 Å². The highest BCUT2D eigenvalue weighted by Crippen LogP contribution is 2.38. The number of unbranched alkanes of at least 4 members (excludes halogenated alkanes) is 1. The van der Waals surface area contributed by atoms with Gasteiger partial charge in [-0.15, -0.1) is 11.3 Å². The fourth-order valence-electron chi connectivity index (χ4n) is 4.11. The van der Waals surface area contributed by atoms with Crippen molar-refractivity contribution < 1.29 is 5.11 Å². The molecule has 1 fully saturated rings. The minimum absolute atomic E-state index is 0.124. The number of nitriles is 2. The van der Waals surface area contributed by atoms with Gasteiger partial charge >= 0.3 is 0 Å². The third kappa shape index (κ3) is 6.29. The molecule has 3 aromatic rings. The zero-order valence-electron chi connectivity index (χ0n) is 19.8. The number of nitrogens with zero attached hydrogens (tertiary/aromatic N) is 5. The third-order valence-electron chi connectivity index (χ3n) is 5.91. The molecule has 3 heterocycles. The summed E-state index contributed by atoms with van der Waals surface area (Å²) in [6.07, 6.45) is 4.65. The van der Waals surface area contributed by atoms with Crippen molar-refractivity contribution in [1.29, 1.82) is 10.5 Å². The summed E-state index contributed by atoms with van der Waals surface area (Å²) in [4.78, 5) is 11.7. The molecule has 0 amide bonds. The van der Waals surface area contributed by atoms with Gasteiger partial charge in [0.1, 0.15) is 39.1 Å². The number of aromatic nitrogens is 2. The summed E-state index contributed by atoms with van der Waals surface area (Å²) in [5.74, 6) is 1.05. The molecule has 7 nitrogen and oxygen atoms in total. The molecule has 36 heavy (non-hydrogen) atoms. The van der Waals surface area contributed by atoms with Gasteiger partial charge in [-0.25, -0.2) is 9.97 Å². The first-order valence-corrected chi connectivity index (χ1v) is 14.2. The molecule has 0 atom stereocenters. The summed E-state index contributed by atoms with van der Waals surface area (Å²) in [7, 11) is 0. The van der Waals surface area contributed by atoms with E-state index in [1.165, 1.54) is 11.8 Å². The molecule has 10 heteroatoms. The number of aliphatic hydroxyl groups excluding tert-OH is 1. The number of aliphatic hydroxyl groups is 1. The number of halogens is 1. The van der Waals surface area contributed by atoms with E-state index < -0.39 is 0 Å². The molecule has 1 aromatic carbocycles. The maximum atomic E-state index is 10.1. The standard InChI is InChI=1S/C26H27ClN6OS2/c27-19-8-6-18(7-9-19)25-31-20(16-35-25)17-36-26-22(15-29)23(33-11-3-1-4-12-33)21(14-28)24(32-26)30-10-2-5-13-34/h6-9,16,34H,1-5,10-13,17H2,(H,30,32). The van der Waals surface area contributed by atoms with Crippen LogP contribution < -0.4 is 10.2 Å². The van der Waals surface area contributed by atoms with Crippen LogP contribution in [0.5, 0.6) is 0 Å². The average Bonchev–Trinajstić information content (AvgIpc) is 3.39. The number of anilines is 2. The number of hydrogen-bond donors (Lipinski definition) is 2. The summed E-state index contributed by atoms with van der Waals surface area (Å²) in [5, 5.41) is 36.8. The Bertz CT molecular complexity index is 1260. The molecule has 0 aliphatic carbocycles. The highest BCUT2D eigenvalue weighted by atomic mass is 35.5. The van der Waals surface area contributed by atoms with Crippen LogP contribution >= 0.6 is 34.7 Å². The van der Waals surface area contributed by atoms with Gasteiger partial charge in [-0.05, 0) is 44.2 Å². The number of benzene rings is 1. The van der Waals surface area contributed by atoms with Gasteiger partial charge in [-0.2, -0.15) is 10.5 Å². The fourth-order valence-corrected chi connectivity index (χ4v) is 6.04. The maximum Gasteiger partial charge on any atom is 0.147 e. The summed E-state index contributed by atoms with van der Waals surface area (Å²) in [6, 6.07) is 12.3. The lowest BCUT2D eigenvalue weighted by Crippen LogP contribution is -2.31. The Balaban J connectivity index is 1.63. The molecule has 2 aromatic heterocycles. The molecule has 1 saturated heterocycles. The molecule has 0 unspecified atom stereocenters. The van der Waals surface area contributed by atoms with Gasteiger partial charge in [0.05, 0.1) is 11.4 Å². The Morgan fingerprint density at radius 3 is 2.50 bits per heavy atom. The molecule has 0 saturated carbocycles. The second-order valence-corrected chi connectivity index (χ2v) is 10.7. The molecule has 2 N–H and O–H groups in total. The van der Waals surface area contributed by atoms with Crippen molar-refractivity contribution in [2.75, 3.05) is 36.5 Å². The van der Waals surface area contributed by atoms with Crippen LogP contribution in [0.2, 0.25) is 5.02 Å². The average molecular weight is 539 g/mol. The number of nitrogens with one attached hydrogen (secondary N) is 1. The molecule has 1 aliphatic rings. The Kier molecular flexibility index (Phi) is 9.43. The highest BCUT2D eigenvalue weighted by molar-refractivity contribution is 7.98. The van der Waals surface area contributed by atoms with Crippen molar-refractivity contribution in [3.05, 3.63) is 51.5 Å². The van der Waals surface area contributed by atoms with Gasteiger partial charge in [-0.3, -0.25) is 0 Å². The van der Waals surface area contributed by atoms with Crippen molar-refractivity contribution in [3.63, 3.8) is 0 Å². The molecular weight excluding hydrogens is 512 g/mol. The number of hydrogen-bond acceptors (Lipinski definition) is 9. The first-order valence-electron chi connectivity index (χ1n) is 12.0. The first kappa shape index (κ1) is 26.2. The number of rotatable bonds is 10. The quantitative estimate of drug-likeness (QED) is 0.236. The van der Waals surface area contributed by atoms with E-state index >= 15 is 0 Å². The normalized spacial score (nSPS) is 13.3. The van der Waals surface area contributed by atoms with Crippen LogP contribution in [-0.2, 0) is 5.75 Å². The number of piperidine rings is 1. The van der Waals surface area contributed by atoms with Crippen LogP contribution in [-0.4, -0.2) is 41.3 Å². The van der Waals surface area contributed by atoms with Crippen molar-refractivity contribution in [3.8, 4) is 22.7 Å². The fraction of sp³-hybridized carbons (Fsp3) is 0.385. The Morgan fingerprint density at radius 1 is 1.06 bits per heavy atom. The van der Waals surface area contributed by atoms with E-state index in [2.05, 4.69) is 22.4 Å². The van der Waals surface area contributed by atoms with Crippen LogP contribution in [0.1, 0.15) is 48.9 Å². The highest BCUT2D eigenvalue weighted by Gasteiger charge is 2.26. The predicted octanol–water partition coefficient (Wildman–Crippen LogP) is 6.07. The molecule has 0 radical (unpaired) electrons. The van der Waals surface area contributed by atoms with E-state index in [9.17, 15) is 10.5 Å². The topological polar surface area (TPSA) is 109 Å². The maximum absolute atomic E-state index is 10.1. The van der Waals surface area contributed by atoms with E-state index in [1.54, 1.807) is 11.3 Å². The second-order valence-electron chi connectivity index (χ2n) is 8.43. The lowest BCUT2D eigenvalue weighted by Gasteiger charge is -2.31. The molecule has 186 valence electrons. The molecule has 0 bridgehead atoms. The van der Waals surface area contributed by atoms with Crippen LogP contribution in [0, 0.1) is 22.7 Å². The lowest BCUT2D eigenvalue weighted by atomic mass is 10.1. The van der Waals surface area contributed by atoms with E-state index in [1.807, 2.05) is 29.6 Å². The lowest BCUT2D eigenvalue weighted by molar-refractivity contribution is 0.286. The van der Waals surface area contributed by atoms with Gasteiger partial charge in [0.15, 0.2) is 0 Å². The van der Waals surface area contributed by atoms with Gasteiger partial charge in [0.25, 0.3) is 0 Å². The zero-order chi connectivity index (χ0) is 25.3. The molecule has 0 spiro atoms. The summed E-state index contributed by atoms with van der Waals surface area (Å²) in [6.45, 7) is 2.35. The monoisotopic (exact) mass is 538 g/mol. The van der Waals surface area contributed by atoms with Crippen LogP contribution in [0.3, 0.4) is 0 Å². The zero-order valence-corrected chi connectivity index (χ0v) is 22.2. The van der Waals surface area contributed by atoms with Gasteiger partial charge < -0.3 is 15.3 Å². The number of thioether (sulfide) groups is 1. The second kappa shape index (κ2) is 12.9. The Morgan fingerprint density at radius 2 is 1.81 bits per heavy atom. The predicted molar refractivity (Wildman–Crippen MR) is 147 cm³/mol. The first-order chi connectivity index (χ1) is 17.6. The Hall–Kier alpha value is -2.82. The number of thiazole rings is 1. The third-order valence-corrected chi connectivity index (χ3v) is 8.11. The smallest absolute Gasteiger partial charge is 0.147 e. The van der Waals surface area contributed by atoms with E-state index in [0.29, 0.717) is 51.4 Å². The van der Waals surface area contributed by atoms with Crippen LogP contribution in [0.25, 0.3) is 10.6 Å². The van der Waals surface area contributed by atoms with Crippen molar-refractivity contribution in [2.24, 2.45) is 0 Å². The van der Waals surface area contributed by atoms with Gasteiger partial charge in [0.2, 0.25) is 0 Å². The summed E-state index contributed by atoms with van der Waals surface area (Å²) in [5.41, 5.74) is 3.47. The van der Waals surface area contributed by atoms with E-state index in [4.69, 9.17) is 26.7 Å².